The van der Waals surface area contributed by atoms with Gasteiger partial charge in [-0.15, -0.1) is 0 Å². The van der Waals surface area contributed by atoms with Crippen molar-refractivity contribution in [2.75, 3.05) is 0 Å². The third-order valence-electron chi connectivity index (χ3n) is 0. The van der Waals surface area contributed by atoms with Gasteiger partial charge in [0, 0.05) is 126 Å². The standard InChI is InChI=1S/Ba.Bi.O.Sr. The Morgan fingerprint density at radius 2 is 1.00 bits per heavy atom. The Hall–Kier alpha value is 3.90. The fourth-order valence-corrected chi connectivity index (χ4v) is 0. The van der Waals surface area contributed by atoms with E-state index in [1.807, 2.05) is 0 Å². The van der Waals surface area contributed by atoms with Crippen molar-refractivity contribution in [2.24, 2.45) is 0 Å². The Bertz CT molecular complexity index is 8.00. The van der Waals surface area contributed by atoms with Crippen LogP contribution in [0.5, 0.6) is 0 Å². The van der Waals surface area contributed by atoms with Gasteiger partial charge in [-0.05, 0) is 0 Å². The molecule has 0 aromatic carbocycles. The zero-order valence-corrected chi connectivity index (χ0v) is 13.7. The van der Waals surface area contributed by atoms with Crippen LogP contribution in [0.3, 0.4) is 0 Å². The molecule has 0 N–H and O–H groups in total. The van der Waals surface area contributed by atoms with Crippen LogP contribution in [0, 0.1) is 0 Å². The molecule has 0 unspecified atom stereocenters. The van der Waals surface area contributed by atoms with Crippen molar-refractivity contribution in [2.45, 2.75) is 0 Å². The monoisotopic (exact) mass is 451 g/mol. The molecule has 0 amide bonds. The van der Waals surface area contributed by atoms with Crippen molar-refractivity contribution in [3.8, 4) is 0 Å². The molecule has 0 saturated carbocycles. The Kier molecular flexibility index (Phi) is 97.7. The van der Waals surface area contributed by atoms with Gasteiger partial charge in [0.2, 0.25) is 0 Å². The van der Waals surface area contributed by atoms with Gasteiger partial charge in [-0.2, -0.15) is 0 Å². The molecule has 0 fully saturated rings. The van der Waals surface area contributed by atoms with Crippen LogP contribution >= 0.6 is 0 Å². The van der Waals surface area contributed by atoms with E-state index in [9.17, 15) is 0 Å². The number of rotatable bonds is 0. The predicted molar refractivity (Wildman–Crippen MR) is 17.9 cm³/mol. The van der Waals surface area contributed by atoms with E-state index in [1.54, 1.807) is 0 Å². The van der Waals surface area contributed by atoms with Gasteiger partial charge in [0.15, 0.2) is 0 Å². The topological polar surface area (TPSA) is 28.5 Å². The van der Waals surface area contributed by atoms with Gasteiger partial charge in [0.1, 0.15) is 0 Å². The molecule has 0 bridgehead atoms. The molecule has 0 aromatic rings. The predicted octanol–water partition coefficient (Wildman–Crippen LogP) is -1.26. The summed E-state index contributed by atoms with van der Waals surface area (Å²) in [5.74, 6) is 0. The zero-order chi connectivity index (χ0) is 0. The van der Waals surface area contributed by atoms with Gasteiger partial charge in [0.25, 0.3) is 0 Å². The van der Waals surface area contributed by atoms with Crippen molar-refractivity contribution in [3.05, 3.63) is 0 Å². The van der Waals surface area contributed by atoms with E-state index in [0.717, 1.165) is 0 Å². The fourth-order valence-electron chi connectivity index (χ4n) is 0. The molecule has 1 nitrogen and oxygen atoms in total. The van der Waals surface area contributed by atoms with Crippen molar-refractivity contribution in [1.29, 1.82) is 0 Å². The van der Waals surface area contributed by atoms with Crippen molar-refractivity contribution < 1.29 is 5.48 Å². The first-order valence-electron chi connectivity index (χ1n) is 0. The Morgan fingerprint density at radius 1 is 1.00 bits per heavy atom. The van der Waals surface area contributed by atoms with E-state index >= 15 is 0 Å². The van der Waals surface area contributed by atoms with E-state index in [1.165, 1.54) is 0 Å². The number of hydrogen-bond acceptors (Lipinski definition) is 0. The van der Waals surface area contributed by atoms with Gasteiger partial charge in [-0.3, -0.25) is 0 Å². The molecule has 0 aliphatic rings. The molecule has 0 saturated heterocycles. The van der Waals surface area contributed by atoms with Crippen LogP contribution in [0.1, 0.15) is 0 Å². The maximum atomic E-state index is 0. The minimum absolute atomic E-state index is 0. The van der Waals surface area contributed by atoms with Crippen LogP contribution in [-0.2, 0) is 5.48 Å². The summed E-state index contributed by atoms with van der Waals surface area (Å²) in [6.45, 7) is 0. The van der Waals surface area contributed by atoms with E-state index in [2.05, 4.69) is 0 Å². The van der Waals surface area contributed by atoms with Crippen molar-refractivity contribution in [3.63, 3.8) is 0 Å². The normalized spacial score (nSPS) is 0. The molecule has 0 atom stereocenters. The third kappa shape index (κ3) is 9.31. The average Bonchev–Trinajstić information content (AvgIpc) is 0. The van der Waals surface area contributed by atoms with Crippen molar-refractivity contribution in [1.82, 2.24) is 0 Å². The Balaban J connectivity index is 0. The van der Waals surface area contributed by atoms with Gasteiger partial charge in [-0.1, -0.05) is 0 Å². The summed E-state index contributed by atoms with van der Waals surface area (Å²) in [5.41, 5.74) is 0. The molecular weight excluding hydrogens is 450 g/mol. The molecule has 9 radical (unpaired) electrons. The summed E-state index contributed by atoms with van der Waals surface area (Å²) < 4.78 is 0. The Morgan fingerprint density at radius 3 is 1.00 bits per heavy atom. The first kappa shape index (κ1) is 24.7. The van der Waals surface area contributed by atoms with Crippen LogP contribution in [0.2, 0.25) is 0 Å². The summed E-state index contributed by atoms with van der Waals surface area (Å²) in [5, 5.41) is 0. The SMILES string of the molecule is [Ba].[Bi].[O].[Sr]. The first-order chi connectivity index (χ1) is 0. The second-order valence-electron chi connectivity index (χ2n) is 0. The van der Waals surface area contributed by atoms with Gasteiger partial charge in [-0.25, -0.2) is 0 Å². The van der Waals surface area contributed by atoms with Crippen LogP contribution in [-0.4, -0.2) is 121 Å². The maximum Gasteiger partial charge on any atom is 0 e. The van der Waals surface area contributed by atoms with Gasteiger partial charge in [0.05, 0.1) is 0 Å². The minimum Gasteiger partial charge on any atom is 0 e. The summed E-state index contributed by atoms with van der Waals surface area (Å²) in [6.07, 6.45) is 0. The van der Waals surface area contributed by atoms with Crippen LogP contribution in [0.15, 0.2) is 0 Å². The molecule has 0 spiro atoms. The third-order valence-corrected chi connectivity index (χ3v) is 0. The van der Waals surface area contributed by atoms with E-state index in [-0.39, 0.29) is 126 Å². The summed E-state index contributed by atoms with van der Waals surface area (Å²) >= 11 is 0. The maximum absolute atomic E-state index is 0. The molecule has 0 aliphatic heterocycles. The van der Waals surface area contributed by atoms with E-state index < -0.39 is 0 Å². The molecule has 0 aliphatic carbocycles. The van der Waals surface area contributed by atoms with E-state index in [0.29, 0.717) is 0 Å². The zero-order valence-electron chi connectivity index (χ0n) is 2.27. The Labute approximate surface area is 122 Å². The summed E-state index contributed by atoms with van der Waals surface area (Å²) in [6, 6.07) is 0. The average molecular weight is 450 g/mol. The number of hydrogen-bond donors (Lipinski definition) is 0. The van der Waals surface area contributed by atoms with Gasteiger partial charge < -0.3 is 0 Å². The molecule has 0 rings (SSSR count). The van der Waals surface area contributed by atoms with Crippen LogP contribution in [0.25, 0.3) is 0 Å². The molecular formula is BaBiOSr. The molecule has 0 heterocycles. The second-order valence-corrected chi connectivity index (χ2v) is 0. The van der Waals surface area contributed by atoms with E-state index in [4.69, 9.17) is 0 Å². The van der Waals surface area contributed by atoms with Gasteiger partial charge >= 0.3 is 0 Å². The van der Waals surface area contributed by atoms with Crippen LogP contribution < -0.4 is 0 Å². The minimum atomic E-state index is 0. The largest absolute Gasteiger partial charge is 0 e. The first-order valence-corrected chi connectivity index (χ1v) is 0. The molecule has 0 aromatic heterocycles. The molecule has 15 valence electrons. The second kappa shape index (κ2) is 15.8. The summed E-state index contributed by atoms with van der Waals surface area (Å²) in [7, 11) is 0. The smallest absolute Gasteiger partial charge is 0 e. The molecule has 4 heavy (non-hydrogen) atoms. The molecule has 4 heteroatoms. The fraction of sp³-hybridized carbons (Fsp3) is 0. The van der Waals surface area contributed by atoms with Crippen molar-refractivity contribution >= 4 is 121 Å². The summed E-state index contributed by atoms with van der Waals surface area (Å²) in [4.78, 5) is 0. The quantitative estimate of drug-likeness (QED) is 0.413. The van der Waals surface area contributed by atoms with Crippen LogP contribution in [0.4, 0.5) is 0 Å².